The fraction of sp³-hybridized carbons (Fsp3) is 0.222. The number of carbonyl (C=O) groups is 2. The van der Waals surface area contributed by atoms with E-state index < -0.39 is 5.82 Å². The minimum atomic E-state index is -0.449. The van der Waals surface area contributed by atoms with Crippen molar-refractivity contribution < 1.29 is 14.0 Å². The lowest BCUT2D eigenvalue weighted by Gasteiger charge is -2.35. The molecule has 2 aromatic rings. The molecule has 0 N–H and O–H groups in total. The summed E-state index contributed by atoms with van der Waals surface area (Å²) in [5, 5.41) is 0.778. The van der Waals surface area contributed by atoms with E-state index in [9.17, 15) is 14.0 Å². The van der Waals surface area contributed by atoms with E-state index >= 15 is 0 Å². The number of carbonyl (C=O) groups excluding carboxylic acids is 2. The Bertz CT molecular complexity index is 820. The highest BCUT2D eigenvalue weighted by Crippen LogP contribution is 2.23. The van der Waals surface area contributed by atoms with Crippen LogP contribution >= 0.6 is 23.2 Å². The molecule has 1 fully saturated rings. The minimum absolute atomic E-state index is 0.217. The van der Waals surface area contributed by atoms with Crippen LogP contribution in [0.25, 0.3) is 0 Å². The Morgan fingerprint density at radius 1 is 0.880 bits per heavy atom. The van der Waals surface area contributed by atoms with Crippen molar-refractivity contribution in [3.8, 4) is 0 Å². The lowest BCUT2D eigenvalue weighted by Crippen LogP contribution is -2.50. The molecule has 0 radical (unpaired) electrons. The van der Waals surface area contributed by atoms with Gasteiger partial charge in [0.05, 0.1) is 10.6 Å². The van der Waals surface area contributed by atoms with E-state index in [0.29, 0.717) is 47.4 Å². The van der Waals surface area contributed by atoms with Gasteiger partial charge < -0.3 is 9.80 Å². The van der Waals surface area contributed by atoms with E-state index in [1.54, 1.807) is 28.0 Å². The van der Waals surface area contributed by atoms with Gasteiger partial charge in [-0.1, -0.05) is 29.3 Å². The van der Waals surface area contributed by atoms with Crippen molar-refractivity contribution in [1.29, 1.82) is 0 Å². The molecule has 0 bridgehead atoms. The normalized spacial score (nSPS) is 14.5. The maximum absolute atomic E-state index is 13.3. The SMILES string of the molecule is O=C(c1cccc(F)c1)N1CCN(C(=O)c2cc(Cl)ccc2Cl)CC1. The zero-order chi connectivity index (χ0) is 18.0. The van der Waals surface area contributed by atoms with E-state index in [2.05, 4.69) is 0 Å². The fourth-order valence-electron chi connectivity index (χ4n) is 2.75. The molecule has 0 saturated carbocycles. The molecule has 0 aliphatic carbocycles. The van der Waals surface area contributed by atoms with Gasteiger partial charge in [-0.05, 0) is 36.4 Å². The van der Waals surface area contributed by atoms with Crippen LogP contribution in [0.2, 0.25) is 10.0 Å². The second-order valence-electron chi connectivity index (χ2n) is 5.72. The van der Waals surface area contributed by atoms with Crippen LogP contribution in [0.3, 0.4) is 0 Å². The summed E-state index contributed by atoms with van der Waals surface area (Å²) >= 11 is 12.0. The first kappa shape index (κ1) is 17.7. The number of hydrogen-bond acceptors (Lipinski definition) is 2. The largest absolute Gasteiger partial charge is 0.335 e. The van der Waals surface area contributed by atoms with Gasteiger partial charge >= 0.3 is 0 Å². The molecule has 1 heterocycles. The topological polar surface area (TPSA) is 40.6 Å². The molecule has 25 heavy (non-hydrogen) atoms. The predicted molar refractivity (Wildman–Crippen MR) is 94.7 cm³/mol. The highest BCUT2D eigenvalue weighted by Gasteiger charge is 2.26. The number of piperazine rings is 1. The summed E-state index contributed by atoms with van der Waals surface area (Å²) < 4.78 is 13.3. The van der Waals surface area contributed by atoms with Gasteiger partial charge in [-0.2, -0.15) is 0 Å². The molecule has 0 unspecified atom stereocenters. The molecule has 4 nitrogen and oxygen atoms in total. The molecule has 2 aromatic carbocycles. The predicted octanol–water partition coefficient (Wildman–Crippen LogP) is 3.73. The summed E-state index contributed by atoms with van der Waals surface area (Å²) in [6, 6.07) is 10.3. The second-order valence-corrected chi connectivity index (χ2v) is 6.56. The number of nitrogens with zero attached hydrogens (tertiary/aromatic N) is 2. The van der Waals surface area contributed by atoms with Crippen molar-refractivity contribution in [1.82, 2.24) is 9.80 Å². The molecule has 0 spiro atoms. The van der Waals surface area contributed by atoms with Gasteiger partial charge in [-0.15, -0.1) is 0 Å². The smallest absolute Gasteiger partial charge is 0.255 e. The Balaban J connectivity index is 1.66. The zero-order valence-electron chi connectivity index (χ0n) is 13.2. The summed E-state index contributed by atoms with van der Waals surface area (Å²) in [7, 11) is 0. The Morgan fingerprint density at radius 3 is 2.16 bits per heavy atom. The van der Waals surface area contributed by atoms with Gasteiger partial charge in [0.15, 0.2) is 0 Å². The molecular weight excluding hydrogens is 366 g/mol. The minimum Gasteiger partial charge on any atom is -0.335 e. The van der Waals surface area contributed by atoms with E-state index in [4.69, 9.17) is 23.2 Å². The average molecular weight is 381 g/mol. The molecule has 2 amide bonds. The Kier molecular flexibility index (Phi) is 5.25. The molecule has 0 aromatic heterocycles. The van der Waals surface area contributed by atoms with Crippen LogP contribution in [0.5, 0.6) is 0 Å². The van der Waals surface area contributed by atoms with E-state index in [0.717, 1.165) is 0 Å². The van der Waals surface area contributed by atoms with Crippen LogP contribution < -0.4 is 0 Å². The summed E-state index contributed by atoms with van der Waals surface area (Å²) in [6.07, 6.45) is 0. The lowest BCUT2D eigenvalue weighted by molar-refractivity contribution is 0.0535. The first-order valence-corrected chi connectivity index (χ1v) is 8.50. The van der Waals surface area contributed by atoms with E-state index in [1.807, 2.05) is 0 Å². The molecule has 1 aliphatic rings. The zero-order valence-corrected chi connectivity index (χ0v) is 14.7. The van der Waals surface area contributed by atoms with Crippen LogP contribution in [-0.2, 0) is 0 Å². The van der Waals surface area contributed by atoms with Gasteiger partial charge in [-0.25, -0.2) is 4.39 Å². The summed E-state index contributed by atoms with van der Waals surface area (Å²) in [4.78, 5) is 28.2. The van der Waals surface area contributed by atoms with Crippen molar-refractivity contribution in [2.45, 2.75) is 0 Å². The van der Waals surface area contributed by atoms with Gasteiger partial charge in [0.1, 0.15) is 5.82 Å². The first-order valence-electron chi connectivity index (χ1n) is 7.75. The van der Waals surface area contributed by atoms with E-state index in [-0.39, 0.29) is 11.8 Å². The first-order chi connectivity index (χ1) is 12.0. The summed E-state index contributed by atoms with van der Waals surface area (Å²) in [5.41, 5.74) is 0.650. The summed E-state index contributed by atoms with van der Waals surface area (Å²) in [5.74, 6) is -0.909. The molecule has 3 rings (SSSR count). The number of halogens is 3. The molecule has 1 aliphatic heterocycles. The Labute approximate surface area is 154 Å². The third kappa shape index (κ3) is 3.94. The van der Waals surface area contributed by atoms with Crippen LogP contribution in [-0.4, -0.2) is 47.8 Å². The average Bonchev–Trinajstić information content (AvgIpc) is 2.62. The quantitative estimate of drug-likeness (QED) is 0.796. The van der Waals surface area contributed by atoms with Crippen molar-refractivity contribution in [3.05, 3.63) is 69.5 Å². The maximum Gasteiger partial charge on any atom is 0.255 e. The third-order valence-corrected chi connectivity index (χ3v) is 4.65. The monoisotopic (exact) mass is 380 g/mol. The molecule has 130 valence electrons. The highest BCUT2D eigenvalue weighted by molar-refractivity contribution is 6.35. The molecule has 1 saturated heterocycles. The Morgan fingerprint density at radius 2 is 1.52 bits per heavy atom. The summed E-state index contributed by atoms with van der Waals surface area (Å²) in [6.45, 7) is 1.50. The van der Waals surface area contributed by atoms with Crippen LogP contribution in [0.15, 0.2) is 42.5 Å². The van der Waals surface area contributed by atoms with Gasteiger partial charge in [0.25, 0.3) is 11.8 Å². The number of rotatable bonds is 2. The van der Waals surface area contributed by atoms with Gasteiger partial charge in [0.2, 0.25) is 0 Å². The van der Waals surface area contributed by atoms with Gasteiger partial charge in [-0.3, -0.25) is 9.59 Å². The van der Waals surface area contributed by atoms with Crippen LogP contribution in [0, 0.1) is 5.82 Å². The number of amides is 2. The van der Waals surface area contributed by atoms with E-state index in [1.165, 1.54) is 24.3 Å². The molecule has 0 atom stereocenters. The highest BCUT2D eigenvalue weighted by atomic mass is 35.5. The number of benzene rings is 2. The lowest BCUT2D eigenvalue weighted by atomic mass is 10.1. The second kappa shape index (κ2) is 7.42. The fourth-order valence-corrected chi connectivity index (χ4v) is 3.12. The van der Waals surface area contributed by atoms with Gasteiger partial charge in [0, 0.05) is 36.8 Å². The van der Waals surface area contributed by atoms with Crippen LogP contribution in [0.1, 0.15) is 20.7 Å². The van der Waals surface area contributed by atoms with Crippen molar-refractivity contribution in [2.75, 3.05) is 26.2 Å². The maximum atomic E-state index is 13.3. The third-order valence-electron chi connectivity index (χ3n) is 4.08. The standard InChI is InChI=1S/C18H15Cl2FN2O2/c19-13-4-5-16(20)15(11-13)18(25)23-8-6-22(7-9-23)17(24)12-2-1-3-14(21)10-12/h1-5,10-11H,6-9H2. The molecule has 7 heteroatoms. The Hall–Kier alpha value is -2.11. The van der Waals surface area contributed by atoms with Crippen molar-refractivity contribution in [3.63, 3.8) is 0 Å². The number of hydrogen-bond donors (Lipinski definition) is 0. The van der Waals surface area contributed by atoms with Crippen molar-refractivity contribution in [2.24, 2.45) is 0 Å². The van der Waals surface area contributed by atoms with Crippen molar-refractivity contribution >= 4 is 35.0 Å². The van der Waals surface area contributed by atoms with Crippen LogP contribution in [0.4, 0.5) is 4.39 Å². The molecular formula is C18H15Cl2FN2O2.